The largest absolute Gasteiger partial charge is 0.280 e. The first-order chi connectivity index (χ1) is 13.1. The SMILES string of the molecule is CC1CCCN(S(=O)(=O)c2ccc(NS(=O)(=O)c3ccc(Cl)nc3Cl)cc2)C1. The monoisotopic (exact) mass is 463 g/mol. The lowest BCUT2D eigenvalue weighted by Gasteiger charge is -2.30. The van der Waals surface area contributed by atoms with Crippen LogP contribution in [0.3, 0.4) is 0 Å². The van der Waals surface area contributed by atoms with Crippen LogP contribution in [0.4, 0.5) is 5.69 Å². The lowest BCUT2D eigenvalue weighted by atomic mass is 10.0. The Bertz CT molecular complexity index is 1070. The number of piperidine rings is 1. The van der Waals surface area contributed by atoms with E-state index in [2.05, 4.69) is 9.71 Å². The number of anilines is 1. The molecular formula is C17H19Cl2N3O4S2. The molecule has 0 radical (unpaired) electrons. The van der Waals surface area contributed by atoms with Crippen LogP contribution in [-0.4, -0.2) is 39.2 Å². The van der Waals surface area contributed by atoms with Crippen molar-refractivity contribution in [2.45, 2.75) is 29.6 Å². The van der Waals surface area contributed by atoms with Gasteiger partial charge >= 0.3 is 0 Å². The molecule has 2 heterocycles. The molecule has 0 spiro atoms. The molecule has 0 amide bonds. The van der Waals surface area contributed by atoms with E-state index in [1.807, 2.05) is 6.92 Å². The van der Waals surface area contributed by atoms with Gasteiger partial charge in [0.1, 0.15) is 10.0 Å². The summed E-state index contributed by atoms with van der Waals surface area (Å²) in [6.07, 6.45) is 1.84. The number of sulfonamides is 2. The third-order valence-electron chi connectivity index (χ3n) is 4.43. The zero-order chi connectivity index (χ0) is 20.5. The minimum Gasteiger partial charge on any atom is -0.280 e. The molecule has 1 N–H and O–H groups in total. The molecule has 1 aromatic carbocycles. The molecule has 1 aliphatic rings. The van der Waals surface area contributed by atoms with Gasteiger partial charge in [0.25, 0.3) is 10.0 Å². The van der Waals surface area contributed by atoms with Crippen molar-refractivity contribution in [1.82, 2.24) is 9.29 Å². The van der Waals surface area contributed by atoms with Crippen molar-refractivity contribution in [1.29, 1.82) is 0 Å². The Morgan fingerprint density at radius 2 is 1.75 bits per heavy atom. The number of benzene rings is 1. The molecule has 7 nitrogen and oxygen atoms in total. The Morgan fingerprint density at radius 3 is 2.36 bits per heavy atom. The predicted octanol–water partition coefficient (Wildman–Crippen LogP) is 3.61. The van der Waals surface area contributed by atoms with Crippen molar-refractivity contribution in [2.75, 3.05) is 17.8 Å². The van der Waals surface area contributed by atoms with E-state index in [-0.39, 0.29) is 25.8 Å². The summed E-state index contributed by atoms with van der Waals surface area (Å²) in [7, 11) is -7.61. The van der Waals surface area contributed by atoms with Gasteiger partial charge in [0, 0.05) is 18.8 Å². The van der Waals surface area contributed by atoms with Crippen LogP contribution >= 0.6 is 23.2 Å². The average Bonchev–Trinajstić information content (AvgIpc) is 2.61. The zero-order valence-corrected chi connectivity index (χ0v) is 18.1. The molecule has 152 valence electrons. The molecule has 1 aromatic heterocycles. The van der Waals surface area contributed by atoms with Crippen LogP contribution < -0.4 is 4.72 Å². The van der Waals surface area contributed by atoms with Crippen LogP contribution in [0.2, 0.25) is 10.3 Å². The zero-order valence-electron chi connectivity index (χ0n) is 15.0. The molecule has 1 saturated heterocycles. The summed E-state index contributed by atoms with van der Waals surface area (Å²) in [5.74, 6) is 0.312. The molecule has 3 rings (SSSR count). The molecule has 0 bridgehead atoms. The number of nitrogens with zero attached hydrogens (tertiary/aromatic N) is 2. The van der Waals surface area contributed by atoms with Gasteiger partial charge in [0.2, 0.25) is 10.0 Å². The van der Waals surface area contributed by atoms with E-state index < -0.39 is 20.0 Å². The normalized spacial score (nSPS) is 18.8. The second-order valence-corrected chi connectivity index (χ2v) is 11.0. The predicted molar refractivity (Wildman–Crippen MR) is 109 cm³/mol. The highest BCUT2D eigenvalue weighted by Crippen LogP contribution is 2.26. The minimum atomic E-state index is -4.00. The molecule has 11 heteroatoms. The first-order valence-electron chi connectivity index (χ1n) is 8.55. The highest BCUT2D eigenvalue weighted by atomic mass is 35.5. The van der Waals surface area contributed by atoms with Crippen molar-refractivity contribution >= 4 is 48.9 Å². The molecule has 28 heavy (non-hydrogen) atoms. The van der Waals surface area contributed by atoms with Crippen LogP contribution in [0.15, 0.2) is 46.2 Å². The molecule has 0 saturated carbocycles. The smallest absolute Gasteiger partial charge is 0.264 e. The van der Waals surface area contributed by atoms with Crippen LogP contribution in [0.1, 0.15) is 19.8 Å². The van der Waals surface area contributed by atoms with Gasteiger partial charge in [-0.1, -0.05) is 30.1 Å². The first-order valence-corrected chi connectivity index (χ1v) is 12.2. The molecule has 1 fully saturated rings. The van der Waals surface area contributed by atoms with Gasteiger partial charge in [-0.2, -0.15) is 4.31 Å². The highest BCUT2D eigenvalue weighted by Gasteiger charge is 2.28. The van der Waals surface area contributed by atoms with E-state index in [0.29, 0.717) is 19.0 Å². The van der Waals surface area contributed by atoms with Gasteiger partial charge in [0.05, 0.1) is 4.90 Å². The summed E-state index contributed by atoms with van der Waals surface area (Å²) in [6.45, 7) is 3.00. The standard InChI is InChI=1S/C17H19Cl2N3O4S2/c1-12-3-2-10-22(11-12)28(25,26)14-6-4-13(5-7-14)21-27(23,24)15-8-9-16(18)20-17(15)19/h4-9,12,21H,2-3,10-11H2,1H3. The summed E-state index contributed by atoms with van der Waals surface area (Å²) in [5.41, 5.74) is 0.206. The average molecular weight is 464 g/mol. The Balaban J connectivity index is 1.81. The minimum absolute atomic E-state index is 0.0746. The van der Waals surface area contributed by atoms with Gasteiger partial charge in [0.15, 0.2) is 5.15 Å². The van der Waals surface area contributed by atoms with Gasteiger partial charge in [-0.15, -0.1) is 0 Å². The lowest BCUT2D eigenvalue weighted by Crippen LogP contribution is -2.39. The maximum Gasteiger partial charge on any atom is 0.264 e. The van der Waals surface area contributed by atoms with Crippen LogP contribution in [0, 0.1) is 5.92 Å². The summed E-state index contributed by atoms with van der Waals surface area (Å²) >= 11 is 11.6. The Hall–Kier alpha value is -1.39. The van der Waals surface area contributed by atoms with Crippen molar-refractivity contribution < 1.29 is 16.8 Å². The maximum atomic E-state index is 12.8. The third kappa shape index (κ3) is 4.60. The molecule has 1 unspecified atom stereocenters. The Labute approximate surface area is 174 Å². The lowest BCUT2D eigenvalue weighted by molar-refractivity contribution is 0.281. The Kier molecular flexibility index (Phi) is 6.21. The van der Waals surface area contributed by atoms with E-state index in [4.69, 9.17) is 23.2 Å². The summed E-state index contributed by atoms with van der Waals surface area (Å²) in [5, 5.41) is -0.177. The van der Waals surface area contributed by atoms with Crippen LogP contribution in [0.5, 0.6) is 0 Å². The van der Waals surface area contributed by atoms with Gasteiger partial charge in [-0.05, 0) is 55.2 Å². The highest BCUT2D eigenvalue weighted by molar-refractivity contribution is 7.92. The number of hydrogen-bond acceptors (Lipinski definition) is 5. The van der Waals surface area contributed by atoms with Crippen molar-refractivity contribution in [3.8, 4) is 0 Å². The van der Waals surface area contributed by atoms with E-state index >= 15 is 0 Å². The van der Waals surface area contributed by atoms with E-state index in [1.54, 1.807) is 0 Å². The fourth-order valence-corrected chi connectivity index (χ4v) is 6.34. The number of pyridine rings is 1. The number of nitrogens with one attached hydrogen (secondary N) is 1. The molecule has 0 aliphatic carbocycles. The number of aromatic nitrogens is 1. The summed E-state index contributed by atoms with van der Waals surface area (Å²) in [4.78, 5) is 3.61. The topological polar surface area (TPSA) is 96.4 Å². The third-order valence-corrected chi connectivity index (χ3v) is 8.34. The molecule has 2 aromatic rings. The van der Waals surface area contributed by atoms with E-state index in [1.165, 1.54) is 40.7 Å². The first kappa shape index (κ1) is 21.3. The molecule has 1 atom stereocenters. The van der Waals surface area contributed by atoms with Gasteiger partial charge < -0.3 is 0 Å². The Morgan fingerprint density at radius 1 is 1.07 bits per heavy atom. The molecule has 1 aliphatic heterocycles. The van der Waals surface area contributed by atoms with E-state index in [0.717, 1.165) is 12.8 Å². The number of halogens is 2. The number of rotatable bonds is 5. The van der Waals surface area contributed by atoms with Crippen molar-refractivity contribution in [3.05, 3.63) is 46.7 Å². The fraction of sp³-hybridized carbons (Fsp3) is 0.353. The van der Waals surface area contributed by atoms with Gasteiger partial charge in [-0.3, -0.25) is 4.72 Å². The van der Waals surface area contributed by atoms with E-state index in [9.17, 15) is 16.8 Å². The van der Waals surface area contributed by atoms with Crippen LogP contribution in [-0.2, 0) is 20.0 Å². The second kappa shape index (κ2) is 8.16. The number of hydrogen-bond donors (Lipinski definition) is 1. The fourth-order valence-electron chi connectivity index (χ4n) is 3.02. The maximum absolute atomic E-state index is 12.8. The summed E-state index contributed by atoms with van der Waals surface area (Å²) in [6, 6.07) is 8.13. The van der Waals surface area contributed by atoms with Crippen LogP contribution in [0.25, 0.3) is 0 Å². The second-order valence-electron chi connectivity index (χ2n) is 6.66. The summed E-state index contributed by atoms with van der Waals surface area (Å²) < 4.78 is 54.4. The quantitative estimate of drug-likeness (QED) is 0.682. The van der Waals surface area contributed by atoms with Crippen molar-refractivity contribution in [2.24, 2.45) is 5.92 Å². The van der Waals surface area contributed by atoms with Crippen molar-refractivity contribution in [3.63, 3.8) is 0 Å². The molecular weight excluding hydrogens is 445 g/mol. The van der Waals surface area contributed by atoms with Gasteiger partial charge in [-0.25, -0.2) is 21.8 Å².